The standard InChI is InChI=1S/C25H29N5O2/c1-26-24(31)11-7-2-3-8-16-29-25(32)20-12-14-22(15-13-20)30(21-9-5-4-6-10-21)23-17-27-19-28-18-23/h4-6,9-10,12-15,17-19H,2-3,7-8,11,16H2,1H3,(H,26,31)(H,29,32). The van der Waals surface area contributed by atoms with Crippen LogP contribution in [-0.2, 0) is 4.79 Å². The lowest BCUT2D eigenvalue weighted by Gasteiger charge is -2.24. The van der Waals surface area contributed by atoms with Gasteiger partial charge in [-0.05, 0) is 49.2 Å². The average molecular weight is 432 g/mol. The van der Waals surface area contributed by atoms with E-state index in [0.717, 1.165) is 42.7 Å². The lowest BCUT2D eigenvalue weighted by molar-refractivity contribution is -0.120. The molecule has 1 aromatic heterocycles. The molecule has 0 unspecified atom stereocenters. The van der Waals surface area contributed by atoms with Crippen LogP contribution in [-0.4, -0.2) is 35.4 Å². The van der Waals surface area contributed by atoms with Gasteiger partial charge in [0.25, 0.3) is 5.91 Å². The molecule has 0 atom stereocenters. The molecule has 0 bridgehead atoms. The Morgan fingerprint density at radius 3 is 2.16 bits per heavy atom. The van der Waals surface area contributed by atoms with Gasteiger partial charge in [0.2, 0.25) is 5.91 Å². The number of rotatable bonds is 11. The molecule has 166 valence electrons. The summed E-state index contributed by atoms with van der Waals surface area (Å²) in [6, 6.07) is 17.5. The number of benzene rings is 2. The minimum atomic E-state index is -0.0868. The zero-order valence-corrected chi connectivity index (χ0v) is 18.3. The third-order valence-electron chi connectivity index (χ3n) is 5.10. The number of unbranched alkanes of at least 4 members (excludes halogenated alkanes) is 3. The number of anilines is 3. The smallest absolute Gasteiger partial charge is 0.251 e. The fourth-order valence-corrected chi connectivity index (χ4v) is 3.39. The van der Waals surface area contributed by atoms with Crippen LogP contribution in [0.3, 0.4) is 0 Å². The molecule has 0 saturated carbocycles. The Hall–Kier alpha value is -3.74. The normalized spacial score (nSPS) is 10.4. The first-order chi connectivity index (χ1) is 15.7. The maximum absolute atomic E-state index is 12.5. The van der Waals surface area contributed by atoms with Crippen molar-refractivity contribution >= 4 is 28.9 Å². The number of aromatic nitrogens is 2. The average Bonchev–Trinajstić information content (AvgIpc) is 2.85. The van der Waals surface area contributed by atoms with E-state index >= 15 is 0 Å². The Bertz CT molecular complexity index is 939. The minimum absolute atomic E-state index is 0.0763. The lowest BCUT2D eigenvalue weighted by atomic mass is 10.1. The number of carbonyl (C=O) groups is 2. The first-order valence-electron chi connectivity index (χ1n) is 10.9. The Balaban J connectivity index is 1.56. The summed E-state index contributed by atoms with van der Waals surface area (Å²) in [6.45, 7) is 0.623. The molecule has 32 heavy (non-hydrogen) atoms. The molecule has 3 aromatic rings. The van der Waals surface area contributed by atoms with Crippen molar-refractivity contribution in [1.82, 2.24) is 20.6 Å². The van der Waals surface area contributed by atoms with E-state index in [0.29, 0.717) is 18.5 Å². The molecular weight excluding hydrogens is 402 g/mol. The zero-order valence-electron chi connectivity index (χ0n) is 18.3. The molecule has 0 radical (unpaired) electrons. The van der Waals surface area contributed by atoms with E-state index in [2.05, 4.69) is 20.6 Å². The van der Waals surface area contributed by atoms with Crippen molar-refractivity contribution in [2.24, 2.45) is 0 Å². The second-order valence-corrected chi connectivity index (χ2v) is 7.41. The third-order valence-corrected chi connectivity index (χ3v) is 5.10. The maximum atomic E-state index is 12.5. The fourth-order valence-electron chi connectivity index (χ4n) is 3.39. The molecule has 2 aromatic carbocycles. The van der Waals surface area contributed by atoms with Crippen molar-refractivity contribution in [3.63, 3.8) is 0 Å². The van der Waals surface area contributed by atoms with Crippen molar-refractivity contribution < 1.29 is 9.59 Å². The van der Waals surface area contributed by atoms with E-state index in [1.165, 1.54) is 6.33 Å². The fraction of sp³-hybridized carbons (Fsp3) is 0.280. The minimum Gasteiger partial charge on any atom is -0.359 e. The van der Waals surface area contributed by atoms with Gasteiger partial charge < -0.3 is 15.5 Å². The number of carbonyl (C=O) groups excluding carboxylic acids is 2. The molecule has 2 N–H and O–H groups in total. The summed E-state index contributed by atoms with van der Waals surface area (Å²) >= 11 is 0. The molecule has 0 aliphatic rings. The van der Waals surface area contributed by atoms with Gasteiger partial charge in [0.05, 0.1) is 18.1 Å². The van der Waals surface area contributed by atoms with Gasteiger partial charge in [-0.3, -0.25) is 9.59 Å². The Kier molecular flexibility index (Phi) is 8.74. The summed E-state index contributed by atoms with van der Waals surface area (Å²) in [5, 5.41) is 5.59. The number of para-hydroxylation sites is 1. The van der Waals surface area contributed by atoms with E-state index in [1.54, 1.807) is 19.4 Å². The van der Waals surface area contributed by atoms with Crippen LogP contribution in [0.25, 0.3) is 0 Å². The van der Waals surface area contributed by atoms with Crippen molar-refractivity contribution in [1.29, 1.82) is 0 Å². The first-order valence-corrected chi connectivity index (χ1v) is 10.9. The second-order valence-electron chi connectivity index (χ2n) is 7.41. The summed E-state index contributed by atoms with van der Waals surface area (Å²) in [7, 11) is 1.65. The molecule has 7 heteroatoms. The van der Waals surface area contributed by atoms with Crippen LogP contribution in [0.1, 0.15) is 42.5 Å². The summed E-state index contributed by atoms with van der Waals surface area (Å²) < 4.78 is 0. The van der Waals surface area contributed by atoms with Gasteiger partial charge in [0.15, 0.2) is 0 Å². The van der Waals surface area contributed by atoms with Gasteiger partial charge >= 0.3 is 0 Å². The molecule has 0 aliphatic heterocycles. The summed E-state index contributed by atoms with van der Waals surface area (Å²) in [4.78, 5) is 34.0. The highest BCUT2D eigenvalue weighted by atomic mass is 16.2. The van der Waals surface area contributed by atoms with Gasteiger partial charge in [-0.1, -0.05) is 31.0 Å². The molecule has 2 amide bonds. The molecule has 3 rings (SSSR count). The van der Waals surface area contributed by atoms with Crippen molar-refractivity contribution in [2.45, 2.75) is 32.1 Å². The number of nitrogens with zero attached hydrogens (tertiary/aromatic N) is 3. The van der Waals surface area contributed by atoms with Crippen LogP contribution in [0.2, 0.25) is 0 Å². The molecular formula is C25H29N5O2. The largest absolute Gasteiger partial charge is 0.359 e. The number of nitrogens with one attached hydrogen (secondary N) is 2. The predicted molar refractivity (Wildman–Crippen MR) is 126 cm³/mol. The van der Waals surface area contributed by atoms with Gasteiger partial charge in [0.1, 0.15) is 6.33 Å². The summed E-state index contributed by atoms with van der Waals surface area (Å²) in [6.07, 6.45) is 9.32. The molecule has 0 spiro atoms. The molecule has 7 nitrogen and oxygen atoms in total. The van der Waals surface area contributed by atoms with E-state index < -0.39 is 0 Å². The van der Waals surface area contributed by atoms with Gasteiger partial charge in [-0.25, -0.2) is 9.97 Å². The van der Waals surface area contributed by atoms with Crippen molar-refractivity contribution in [3.05, 3.63) is 78.9 Å². The van der Waals surface area contributed by atoms with E-state index in [1.807, 2.05) is 59.5 Å². The van der Waals surface area contributed by atoms with Gasteiger partial charge in [-0.15, -0.1) is 0 Å². The second kappa shape index (κ2) is 12.2. The van der Waals surface area contributed by atoms with Crippen LogP contribution in [0, 0.1) is 0 Å². The lowest BCUT2D eigenvalue weighted by Crippen LogP contribution is -2.24. The number of hydrogen-bond acceptors (Lipinski definition) is 5. The van der Waals surface area contributed by atoms with Crippen molar-refractivity contribution in [3.8, 4) is 0 Å². The molecule has 1 heterocycles. The van der Waals surface area contributed by atoms with Crippen LogP contribution in [0.5, 0.6) is 0 Å². The summed E-state index contributed by atoms with van der Waals surface area (Å²) in [5.41, 5.74) is 3.35. The molecule has 0 aliphatic carbocycles. The highest BCUT2D eigenvalue weighted by Gasteiger charge is 2.13. The van der Waals surface area contributed by atoms with E-state index in [4.69, 9.17) is 0 Å². The van der Waals surface area contributed by atoms with Crippen LogP contribution in [0.4, 0.5) is 17.1 Å². The molecule has 0 fully saturated rings. The Morgan fingerprint density at radius 1 is 0.812 bits per heavy atom. The van der Waals surface area contributed by atoms with E-state index in [9.17, 15) is 9.59 Å². The highest BCUT2D eigenvalue weighted by molar-refractivity contribution is 5.94. The molecule has 0 saturated heterocycles. The van der Waals surface area contributed by atoms with Crippen LogP contribution in [0.15, 0.2) is 73.3 Å². The van der Waals surface area contributed by atoms with Gasteiger partial charge in [0, 0.05) is 37.0 Å². The quantitative estimate of drug-likeness (QED) is 0.440. The Labute approximate surface area is 188 Å². The van der Waals surface area contributed by atoms with E-state index in [-0.39, 0.29) is 11.8 Å². The topological polar surface area (TPSA) is 87.2 Å². The predicted octanol–water partition coefficient (Wildman–Crippen LogP) is 4.37. The number of amides is 2. The summed E-state index contributed by atoms with van der Waals surface area (Å²) in [5.74, 6) is -0.0106. The number of hydrogen-bond donors (Lipinski definition) is 2. The monoisotopic (exact) mass is 431 g/mol. The zero-order chi connectivity index (χ0) is 22.6. The third kappa shape index (κ3) is 6.63. The van der Waals surface area contributed by atoms with Crippen LogP contribution >= 0.6 is 0 Å². The van der Waals surface area contributed by atoms with Gasteiger partial charge in [-0.2, -0.15) is 0 Å². The first kappa shape index (κ1) is 22.9. The highest BCUT2D eigenvalue weighted by Crippen LogP contribution is 2.33. The van der Waals surface area contributed by atoms with Crippen molar-refractivity contribution in [2.75, 3.05) is 18.5 Å². The van der Waals surface area contributed by atoms with Crippen LogP contribution < -0.4 is 15.5 Å². The maximum Gasteiger partial charge on any atom is 0.251 e. The Morgan fingerprint density at radius 2 is 1.47 bits per heavy atom. The SMILES string of the molecule is CNC(=O)CCCCCCNC(=O)c1ccc(N(c2ccccc2)c2cncnc2)cc1.